The zero-order valence-corrected chi connectivity index (χ0v) is 16.5. The van der Waals surface area contributed by atoms with E-state index in [1.54, 1.807) is 18.2 Å². The van der Waals surface area contributed by atoms with Crippen LogP contribution in [0, 0.1) is 6.92 Å². The number of carbonyl (C=O) groups is 3. The smallest absolute Gasteiger partial charge is 0.261 e. The van der Waals surface area contributed by atoms with Crippen molar-refractivity contribution in [1.82, 2.24) is 20.1 Å². The number of aromatic amines is 1. The number of hydrogen-bond donors (Lipinski definition) is 2. The highest BCUT2D eigenvalue weighted by Gasteiger charge is 2.35. The molecule has 28 heavy (non-hydrogen) atoms. The van der Waals surface area contributed by atoms with Crippen molar-refractivity contribution in [2.75, 3.05) is 11.9 Å². The van der Waals surface area contributed by atoms with Gasteiger partial charge < -0.3 is 5.32 Å². The van der Waals surface area contributed by atoms with Crippen molar-refractivity contribution in [3.8, 4) is 0 Å². The summed E-state index contributed by atoms with van der Waals surface area (Å²) in [5.74, 6) is -0.486. The molecule has 0 saturated carbocycles. The first kappa shape index (κ1) is 18.3. The fraction of sp³-hybridized carbons (Fsp3) is 0.211. The molecule has 0 bridgehead atoms. The number of imide groups is 1. The first-order chi connectivity index (χ1) is 13.4. The van der Waals surface area contributed by atoms with Crippen LogP contribution >= 0.6 is 15.9 Å². The van der Waals surface area contributed by atoms with Crippen molar-refractivity contribution < 1.29 is 14.4 Å². The van der Waals surface area contributed by atoms with E-state index in [9.17, 15) is 14.4 Å². The molecule has 2 aromatic heterocycles. The van der Waals surface area contributed by atoms with Crippen molar-refractivity contribution in [2.24, 2.45) is 0 Å². The van der Waals surface area contributed by atoms with Gasteiger partial charge in [-0.1, -0.05) is 15.9 Å². The largest absolute Gasteiger partial charge is 0.309 e. The van der Waals surface area contributed by atoms with Gasteiger partial charge in [-0.2, -0.15) is 5.10 Å². The number of benzene rings is 1. The second-order valence-corrected chi connectivity index (χ2v) is 7.44. The molecule has 8 nitrogen and oxygen atoms in total. The van der Waals surface area contributed by atoms with Crippen molar-refractivity contribution in [3.05, 3.63) is 51.6 Å². The van der Waals surface area contributed by atoms with Crippen LogP contribution in [-0.4, -0.2) is 44.3 Å². The Kier molecular flexibility index (Phi) is 4.68. The molecule has 3 heterocycles. The quantitative estimate of drug-likeness (QED) is 0.591. The standard InChI is InChI=1S/C19H16BrN5O3/c1-10-4-6-13-16(21-10)23-24-17(13)22-15(26)3-2-8-25-18(27)12-7-5-11(20)9-14(12)19(25)28/h4-7,9H,2-3,8H2,1H3,(H2,21,22,23,24,26). The molecule has 1 aromatic carbocycles. The van der Waals surface area contributed by atoms with Crippen LogP contribution in [0.4, 0.5) is 5.82 Å². The van der Waals surface area contributed by atoms with Crippen molar-refractivity contribution in [2.45, 2.75) is 19.8 Å². The first-order valence-corrected chi connectivity index (χ1v) is 9.50. The Hall–Kier alpha value is -3.07. The molecule has 9 heteroatoms. The number of anilines is 1. The molecular formula is C19H16BrN5O3. The van der Waals surface area contributed by atoms with E-state index in [1.807, 2.05) is 19.1 Å². The van der Waals surface area contributed by atoms with Crippen LogP contribution < -0.4 is 5.32 Å². The third-order valence-corrected chi connectivity index (χ3v) is 5.03. The normalized spacial score (nSPS) is 13.3. The maximum atomic E-state index is 12.4. The van der Waals surface area contributed by atoms with Gasteiger partial charge in [0.25, 0.3) is 11.8 Å². The Morgan fingerprint density at radius 1 is 1.18 bits per heavy atom. The zero-order valence-electron chi connectivity index (χ0n) is 15.0. The number of amides is 3. The molecule has 0 atom stereocenters. The third kappa shape index (κ3) is 3.29. The highest BCUT2D eigenvalue weighted by molar-refractivity contribution is 9.10. The molecule has 1 aliphatic heterocycles. The monoisotopic (exact) mass is 441 g/mol. The number of nitrogens with one attached hydrogen (secondary N) is 2. The number of carbonyl (C=O) groups excluding carboxylic acids is 3. The van der Waals surface area contributed by atoms with E-state index < -0.39 is 0 Å². The highest BCUT2D eigenvalue weighted by atomic mass is 79.9. The number of aryl methyl sites for hydroxylation is 1. The molecule has 142 valence electrons. The van der Waals surface area contributed by atoms with E-state index >= 15 is 0 Å². The van der Waals surface area contributed by atoms with E-state index in [-0.39, 0.29) is 30.7 Å². The van der Waals surface area contributed by atoms with Gasteiger partial charge in [0.05, 0.1) is 16.5 Å². The second-order valence-electron chi connectivity index (χ2n) is 6.52. The lowest BCUT2D eigenvalue weighted by atomic mass is 10.1. The van der Waals surface area contributed by atoms with Crippen molar-refractivity contribution in [1.29, 1.82) is 0 Å². The van der Waals surface area contributed by atoms with Gasteiger partial charge in [0.2, 0.25) is 5.91 Å². The minimum Gasteiger partial charge on any atom is -0.309 e. The Bertz CT molecular complexity index is 1120. The molecule has 0 radical (unpaired) electrons. The molecule has 0 spiro atoms. The van der Waals surface area contributed by atoms with Crippen LogP contribution in [0.3, 0.4) is 0 Å². The van der Waals surface area contributed by atoms with Crippen LogP contribution in [0.15, 0.2) is 34.8 Å². The summed E-state index contributed by atoms with van der Waals surface area (Å²) in [5, 5.41) is 10.3. The van der Waals surface area contributed by atoms with Gasteiger partial charge in [-0.15, -0.1) is 0 Å². The van der Waals surface area contributed by atoms with Gasteiger partial charge in [-0.05, 0) is 43.7 Å². The topological polar surface area (TPSA) is 108 Å². The fourth-order valence-corrected chi connectivity index (χ4v) is 3.52. The van der Waals surface area contributed by atoms with Crippen LogP contribution in [0.25, 0.3) is 11.0 Å². The number of pyridine rings is 1. The predicted octanol–water partition coefficient (Wildman–Crippen LogP) is 3.04. The average Bonchev–Trinajstić information content (AvgIpc) is 3.15. The summed E-state index contributed by atoms with van der Waals surface area (Å²) in [4.78, 5) is 42.5. The molecule has 1 aliphatic rings. The molecule has 3 aromatic rings. The van der Waals surface area contributed by atoms with Crippen LogP contribution in [-0.2, 0) is 4.79 Å². The summed E-state index contributed by atoms with van der Waals surface area (Å²) in [5.41, 5.74) is 2.23. The van der Waals surface area contributed by atoms with Crippen LogP contribution in [0.1, 0.15) is 39.3 Å². The van der Waals surface area contributed by atoms with Gasteiger partial charge in [0.1, 0.15) is 0 Å². The number of nitrogens with zero attached hydrogens (tertiary/aromatic N) is 3. The lowest BCUT2D eigenvalue weighted by molar-refractivity contribution is -0.116. The Labute approximate surface area is 168 Å². The minimum absolute atomic E-state index is 0.157. The maximum absolute atomic E-state index is 12.4. The molecular weight excluding hydrogens is 426 g/mol. The maximum Gasteiger partial charge on any atom is 0.261 e. The molecule has 0 saturated heterocycles. The van der Waals surface area contributed by atoms with Crippen molar-refractivity contribution >= 4 is 50.5 Å². The lowest BCUT2D eigenvalue weighted by Crippen LogP contribution is -2.31. The number of hydrogen-bond acceptors (Lipinski definition) is 5. The molecule has 4 rings (SSSR count). The van der Waals surface area contributed by atoms with E-state index in [0.717, 1.165) is 15.6 Å². The van der Waals surface area contributed by atoms with Crippen molar-refractivity contribution in [3.63, 3.8) is 0 Å². The van der Waals surface area contributed by atoms with Gasteiger partial charge >= 0.3 is 0 Å². The van der Waals surface area contributed by atoms with Crippen LogP contribution in [0.5, 0.6) is 0 Å². The minimum atomic E-state index is -0.332. The number of fused-ring (bicyclic) bond motifs is 2. The van der Waals surface area contributed by atoms with Crippen LogP contribution in [0.2, 0.25) is 0 Å². The Balaban J connectivity index is 1.36. The molecule has 0 aliphatic carbocycles. The predicted molar refractivity (Wildman–Crippen MR) is 106 cm³/mol. The summed E-state index contributed by atoms with van der Waals surface area (Å²) >= 11 is 3.31. The first-order valence-electron chi connectivity index (χ1n) is 8.71. The number of aromatic nitrogens is 3. The van der Waals surface area contributed by atoms with E-state index in [0.29, 0.717) is 29.0 Å². The number of halogens is 1. The number of H-pyrrole nitrogens is 1. The Morgan fingerprint density at radius 3 is 2.79 bits per heavy atom. The number of rotatable bonds is 5. The highest BCUT2D eigenvalue weighted by Crippen LogP contribution is 2.26. The summed E-state index contributed by atoms with van der Waals surface area (Å²) < 4.78 is 0.740. The molecule has 0 fully saturated rings. The third-order valence-electron chi connectivity index (χ3n) is 4.54. The summed E-state index contributed by atoms with van der Waals surface area (Å²) in [7, 11) is 0. The van der Waals surface area contributed by atoms with Gasteiger partial charge in [0.15, 0.2) is 11.5 Å². The molecule has 3 amide bonds. The van der Waals surface area contributed by atoms with E-state index in [4.69, 9.17) is 0 Å². The Morgan fingerprint density at radius 2 is 1.96 bits per heavy atom. The van der Waals surface area contributed by atoms with Gasteiger partial charge in [-0.3, -0.25) is 24.4 Å². The summed E-state index contributed by atoms with van der Waals surface area (Å²) in [6.45, 7) is 2.05. The fourth-order valence-electron chi connectivity index (χ4n) is 3.16. The van der Waals surface area contributed by atoms with Gasteiger partial charge in [0, 0.05) is 23.1 Å². The summed E-state index contributed by atoms with van der Waals surface area (Å²) in [6, 6.07) is 8.68. The average molecular weight is 442 g/mol. The van der Waals surface area contributed by atoms with Gasteiger partial charge in [-0.25, -0.2) is 4.98 Å². The lowest BCUT2D eigenvalue weighted by Gasteiger charge is -2.13. The second kappa shape index (κ2) is 7.16. The zero-order chi connectivity index (χ0) is 19.8. The molecule has 0 unspecified atom stereocenters. The molecule has 2 N–H and O–H groups in total. The SMILES string of the molecule is Cc1ccc2c(NC(=O)CCCN3C(=O)c4ccc(Br)cc4C3=O)n[nH]c2n1. The van der Waals surface area contributed by atoms with E-state index in [1.165, 1.54) is 4.90 Å². The summed E-state index contributed by atoms with van der Waals surface area (Å²) in [6.07, 6.45) is 0.517. The van der Waals surface area contributed by atoms with E-state index in [2.05, 4.69) is 36.4 Å².